The zero-order valence-corrected chi connectivity index (χ0v) is 21.1. The second kappa shape index (κ2) is 8.90. The highest BCUT2D eigenvalue weighted by Crippen LogP contribution is 2.36. The number of thioether (sulfide) groups is 1. The van der Waals surface area contributed by atoms with E-state index in [2.05, 4.69) is 27.2 Å². The van der Waals surface area contributed by atoms with Crippen molar-refractivity contribution in [1.82, 2.24) is 9.47 Å². The Morgan fingerprint density at radius 3 is 2.48 bits per heavy atom. The summed E-state index contributed by atoms with van der Waals surface area (Å²) in [5.41, 5.74) is 4.79. The van der Waals surface area contributed by atoms with Crippen molar-refractivity contribution in [2.75, 3.05) is 13.2 Å². The second-order valence-corrected chi connectivity index (χ2v) is 10.1. The standard InChI is InChI=1S/C25H21IN2O4S/c1-15-11-18(16(2)28(15)20-7-8-21-22(13-20)32-10-9-31-21)12-23-24(29)27(25(30)33-23)14-17-3-5-19(26)6-4-17/h3-8,11-13H,9-10,14H2,1-2H3/b23-12-. The molecule has 0 aliphatic carbocycles. The Morgan fingerprint density at radius 2 is 1.73 bits per heavy atom. The number of fused-ring (bicyclic) bond motifs is 1. The number of aryl methyl sites for hydroxylation is 1. The molecule has 1 aromatic heterocycles. The van der Waals surface area contributed by atoms with Crippen LogP contribution in [0.1, 0.15) is 22.5 Å². The second-order valence-electron chi connectivity index (χ2n) is 7.88. The number of imide groups is 1. The number of ether oxygens (including phenoxy) is 2. The van der Waals surface area contributed by atoms with Crippen LogP contribution >= 0.6 is 34.4 Å². The number of halogens is 1. The van der Waals surface area contributed by atoms with Crippen molar-refractivity contribution >= 4 is 51.6 Å². The molecule has 2 aliphatic heterocycles. The quantitative estimate of drug-likeness (QED) is 0.296. The fourth-order valence-electron chi connectivity index (χ4n) is 4.05. The Kier molecular flexibility index (Phi) is 5.96. The number of rotatable bonds is 4. The lowest BCUT2D eigenvalue weighted by Gasteiger charge is -2.20. The van der Waals surface area contributed by atoms with Gasteiger partial charge in [0.05, 0.1) is 11.4 Å². The van der Waals surface area contributed by atoms with E-state index in [4.69, 9.17) is 9.47 Å². The molecule has 1 fully saturated rings. The average Bonchev–Trinajstić information content (AvgIpc) is 3.24. The summed E-state index contributed by atoms with van der Waals surface area (Å²) in [7, 11) is 0. The number of benzene rings is 2. The van der Waals surface area contributed by atoms with Crippen LogP contribution in [0.5, 0.6) is 11.5 Å². The molecule has 3 heterocycles. The van der Waals surface area contributed by atoms with Gasteiger partial charge in [0.1, 0.15) is 13.2 Å². The molecule has 2 aromatic carbocycles. The lowest BCUT2D eigenvalue weighted by Crippen LogP contribution is -2.27. The molecule has 8 heteroatoms. The van der Waals surface area contributed by atoms with Crippen LogP contribution in [0.2, 0.25) is 0 Å². The molecular weight excluding hydrogens is 551 g/mol. The number of amides is 2. The molecule has 0 saturated carbocycles. The molecule has 6 nitrogen and oxygen atoms in total. The van der Waals surface area contributed by atoms with Gasteiger partial charge in [-0.2, -0.15) is 0 Å². The highest BCUT2D eigenvalue weighted by Gasteiger charge is 2.35. The minimum Gasteiger partial charge on any atom is -0.486 e. The number of hydrogen-bond acceptors (Lipinski definition) is 5. The van der Waals surface area contributed by atoms with Crippen LogP contribution in [0.4, 0.5) is 4.79 Å². The number of nitrogens with zero attached hydrogens (tertiary/aromatic N) is 2. The highest BCUT2D eigenvalue weighted by atomic mass is 127. The molecular formula is C25H21IN2O4S. The molecule has 3 aromatic rings. The monoisotopic (exact) mass is 572 g/mol. The van der Waals surface area contributed by atoms with Crippen molar-refractivity contribution in [3.8, 4) is 17.2 Å². The fourth-order valence-corrected chi connectivity index (χ4v) is 5.24. The first-order chi connectivity index (χ1) is 15.9. The van der Waals surface area contributed by atoms with E-state index >= 15 is 0 Å². The lowest BCUT2D eigenvalue weighted by atomic mass is 10.2. The SMILES string of the molecule is Cc1cc(/C=C2\SC(=O)N(Cc3ccc(I)cc3)C2=O)c(C)n1-c1ccc2c(c1)OCCO2. The molecule has 2 aliphatic rings. The third kappa shape index (κ3) is 4.29. The molecule has 0 radical (unpaired) electrons. The van der Waals surface area contributed by atoms with Gasteiger partial charge in [0.2, 0.25) is 0 Å². The number of carbonyl (C=O) groups is 2. The van der Waals surface area contributed by atoms with E-state index in [9.17, 15) is 9.59 Å². The molecule has 168 valence electrons. The van der Waals surface area contributed by atoms with Crippen molar-refractivity contribution in [2.24, 2.45) is 0 Å². The van der Waals surface area contributed by atoms with Crippen LogP contribution in [0.3, 0.4) is 0 Å². The van der Waals surface area contributed by atoms with Gasteiger partial charge >= 0.3 is 0 Å². The van der Waals surface area contributed by atoms with Gasteiger partial charge < -0.3 is 14.0 Å². The van der Waals surface area contributed by atoms with Crippen LogP contribution in [0, 0.1) is 17.4 Å². The topological polar surface area (TPSA) is 60.8 Å². The van der Waals surface area contributed by atoms with Gasteiger partial charge in [-0.15, -0.1) is 0 Å². The number of aromatic nitrogens is 1. The van der Waals surface area contributed by atoms with Crippen molar-refractivity contribution in [3.63, 3.8) is 0 Å². The molecule has 0 spiro atoms. The van der Waals surface area contributed by atoms with Crippen molar-refractivity contribution in [1.29, 1.82) is 0 Å². The first-order valence-corrected chi connectivity index (χ1v) is 12.4. The van der Waals surface area contributed by atoms with Crippen molar-refractivity contribution in [3.05, 3.63) is 79.5 Å². The maximum atomic E-state index is 13.0. The minimum absolute atomic E-state index is 0.245. The van der Waals surface area contributed by atoms with Gasteiger partial charge in [0.15, 0.2) is 11.5 Å². The molecule has 0 N–H and O–H groups in total. The minimum atomic E-state index is -0.257. The van der Waals surface area contributed by atoms with Gasteiger partial charge in [0.25, 0.3) is 11.1 Å². The van der Waals surface area contributed by atoms with Crippen molar-refractivity contribution in [2.45, 2.75) is 20.4 Å². The highest BCUT2D eigenvalue weighted by molar-refractivity contribution is 14.1. The first kappa shape index (κ1) is 22.1. The first-order valence-electron chi connectivity index (χ1n) is 10.5. The van der Waals surface area contributed by atoms with E-state index < -0.39 is 0 Å². The zero-order chi connectivity index (χ0) is 23.1. The summed E-state index contributed by atoms with van der Waals surface area (Å²) in [6, 6.07) is 15.7. The van der Waals surface area contributed by atoms with Crippen LogP contribution in [0.15, 0.2) is 53.4 Å². The van der Waals surface area contributed by atoms with Crippen LogP contribution < -0.4 is 9.47 Å². The summed E-state index contributed by atoms with van der Waals surface area (Å²) < 4.78 is 14.6. The Hall–Kier alpha value is -2.72. The number of hydrogen-bond donors (Lipinski definition) is 0. The van der Waals surface area contributed by atoms with E-state index in [1.165, 1.54) is 4.90 Å². The van der Waals surface area contributed by atoms with Gasteiger partial charge in [-0.1, -0.05) is 12.1 Å². The Balaban J connectivity index is 1.42. The van der Waals surface area contributed by atoms with E-state index in [-0.39, 0.29) is 17.7 Å². The normalized spacial score (nSPS) is 16.7. The van der Waals surface area contributed by atoms with Crippen LogP contribution in [0.25, 0.3) is 11.8 Å². The predicted octanol–water partition coefficient (Wildman–Crippen LogP) is 5.71. The smallest absolute Gasteiger partial charge is 0.293 e. The molecule has 0 atom stereocenters. The Labute approximate surface area is 209 Å². The van der Waals surface area contributed by atoms with Gasteiger partial charge in [0, 0.05) is 26.7 Å². The third-order valence-corrected chi connectivity index (χ3v) is 7.29. The van der Waals surface area contributed by atoms with Crippen molar-refractivity contribution < 1.29 is 19.1 Å². The largest absolute Gasteiger partial charge is 0.486 e. The summed E-state index contributed by atoms with van der Waals surface area (Å²) in [5, 5.41) is -0.245. The lowest BCUT2D eigenvalue weighted by molar-refractivity contribution is -0.123. The van der Waals surface area contributed by atoms with E-state index in [0.717, 1.165) is 55.0 Å². The summed E-state index contributed by atoms with van der Waals surface area (Å²) in [6.45, 7) is 5.38. The summed E-state index contributed by atoms with van der Waals surface area (Å²) in [5.74, 6) is 1.21. The maximum absolute atomic E-state index is 13.0. The average molecular weight is 572 g/mol. The molecule has 1 saturated heterocycles. The van der Waals surface area contributed by atoms with E-state index in [1.807, 2.05) is 68.5 Å². The maximum Gasteiger partial charge on any atom is 0.293 e. The van der Waals surface area contributed by atoms with E-state index in [1.54, 1.807) is 0 Å². The third-order valence-electron chi connectivity index (χ3n) is 5.67. The summed E-state index contributed by atoms with van der Waals surface area (Å²) in [6.07, 6.45) is 1.82. The summed E-state index contributed by atoms with van der Waals surface area (Å²) >= 11 is 3.22. The van der Waals surface area contributed by atoms with Crippen LogP contribution in [-0.2, 0) is 11.3 Å². The molecule has 33 heavy (non-hydrogen) atoms. The number of carbonyl (C=O) groups excluding carboxylic acids is 2. The predicted molar refractivity (Wildman–Crippen MR) is 137 cm³/mol. The Morgan fingerprint density at radius 1 is 1.00 bits per heavy atom. The molecule has 0 unspecified atom stereocenters. The molecule has 5 rings (SSSR count). The van der Waals surface area contributed by atoms with Crippen LogP contribution in [-0.4, -0.2) is 33.8 Å². The summed E-state index contributed by atoms with van der Waals surface area (Å²) in [4.78, 5) is 27.3. The molecule has 0 bridgehead atoms. The fraction of sp³-hybridized carbons (Fsp3) is 0.200. The van der Waals surface area contributed by atoms with Gasteiger partial charge in [-0.3, -0.25) is 14.5 Å². The molecule has 2 amide bonds. The Bertz CT molecular complexity index is 1300. The van der Waals surface area contributed by atoms with E-state index in [0.29, 0.717) is 18.1 Å². The zero-order valence-electron chi connectivity index (χ0n) is 18.1. The van der Waals surface area contributed by atoms with Gasteiger partial charge in [-0.25, -0.2) is 0 Å². The van der Waals surface area contributed by atoms with Gasteiger partial charge in [-0.05, 0) is 95.7 Å².